The molecule has 0 bridgehead atoms. The molecule has 0 aliphatic rings. The summed E-state index contributed by atoms with van der Waals surface area (Å²) in [7, 11) is -3.79. The van der Waals surface area contributed by atoms with Crippen LogP contribution in [-0.4, -0.2) is 26.7 Å². The normalized spacial score (nSPS) is 11.0. The number of carbonyl (C=O) groups excluding carboxylic acids is 2. The first-order valence-electron chi connectivity index (χ1n) is 11.2. The number of ketones is 1. The van der Waals surface area contributed by atoms with Gasteiger partial charge in [-0.25, -0.2) is 8.42 Å². The second-order valence-corrected chi connectivity index (χ2v) is 10.2. The molecule has 0 fully saturated rings. The number of ether oxygens (including phenoxy) is 1. The van der Waals surface area contributed by atoms with Crippen molar-refractivity contribution in [3.8, 4) is 5.75 Å². The summed E-state index contributed by atoms with van der Waals surface area (Å²) < 4.78 is 33.5. The number of amides is 1. The van der Waals surface area contributed by atoms with Gasteiger partial charge in [0.25, 0.3) is 15.9 Å². The molecular formula is C28H23ClN2O5S. The SMILES string of the molecule is Cc1ccccc1NS(=O)(=O)c1ccc(OCC(=O)Nc2ccc(Cl)cc2C(=O)c2ccccc2)cc1. The average Bonchev–Trinajstić information content (AvgIpc) is 2.90. The van der Waals surface area contributed by atoms with Crippen molar-refractivity contribution < 1.29 is 22.7 Å². The molecule has 0 unspecified atom stereocenters. The van der Waals surface area contributed by atoms with E-state index in [0.29, 0.717) is 27.7 Å². The van der Waals surface area contributed by atoms with Crippen LogP contribution in [0.3, 0.4) is 0 Å². The smallest absolute Gasteiger partial charge is 0.262 e. The monoisotopic (exact) mass is 534 g/mol. The van der Waals surface area contributed by atoms with E-state index >= 15 is 0 Å². The topological polar surface area (TPSA) is 102 Å². The summed E-state index contributed by atoms with van der Waals surface area (Å²) >= 11 is 6.09. The van der Waals surface area contributed by atoms with Crippen LogP contribution in [0.25, 0.3) is 0 Å². The fourth-order valence-electron chi connectivity index (χ4n) is 3.50. The van der Waals surface area contributed by atoms with Gasteiger partial charge in [-0.15, -0.1) is 0 Å². The van der Waals surface area contributed by atoms with Crippen LogP contribution in [-0.2, 0) is 14.8 Å². The van der Waals surface area contributed by atoms with E-state index in [4.69, 9.17) is 16.3 Å². The van der Waals surface area contributed by atoms with Gasteiger partial charge in [0.2, 0.25) is 0 Å². The van der Waals surface area contributed by atoms with E-state index in [9.17, 15) is 18.0 Å². The predicted molar refractivity (Wildman–Crippen MR) is 144 cm³/mol. The van der Waals surface area contributed by atoms with Crippen molar-refractivity contribution in [1.29, 1.82) is 0 Å². The van der Waals surface area contributed by atoms with E-state index in [1.54, 1.807) is 54.6 Å². The van der Waals surface area contributed by atoms with Gasteiger partial charge in [-0.3, -0.25) is 14.3 Å². The Morgan fingerprint density at radius 2 is 1.51 bits per heavy atom. The predicted octanol–water partition coefficient (Wildman–Crippen LogP) is 5.70. The van der Waals surface area contributed by atoms with Gasteiger partial charge in [-0.05, 0) is 61.0 Å². The number of nitrogens with one attached hydrogen (secondary N) is 2. The maximum absolute atomic E-state index is 12.9. The molecule has 2 N–H and O–H groups in total. The number of para-hydroxylation sites is 1. The molecule has 4 aromatic rings. The Bertz CT molecular complexity index is 1540. The number of halogens is 1. The first kappa shape index (κ1) is 25.9. The summed E-state index contributed by atoms with van der Waals surface area (Å²) in [6.45, 7) is 1.46. The van der Waals surface area contributed by atoms with Gasteiger partial charge in [0.1, 0.15) is 5.75 Å². The highest BCUT2D eigenvalue weighted by atomic mass is 35.5. The first-order chi connectivity index (χ1) is 17.7. The molecule has 0 heterocycles. The number of carbonyl (C=O) groups is 2. The third kappa shape index (κ3) is 6.55. The molecule has 4 aromatic carbocycles. The van der Waals surface area contributed by atoms with Crippen LogP contribution in [0.4, 0.5) is 11.4 Å². The molecule has 0 atom stereocenters. The number of rotatable bonds is 9. The maximum atomic E-state index is 12.9. The molecule has 0 aliphatic heterocycles. The van der Waals surface area contributed by atoms with Gasteiger partial charge < -0.3 is 10.1 Å². The van der Waals surface area contributed by atoms with Crippen molar-refractivity contribution in [2.75, 3.05) is 16.6 Å². The number of aryl methyl sites for hydroxylation is 1. The first-order valence-corrected chi connectivity index (χ1v) is 13.1. The Hall–Kier alpha value is -4.14. The summed E-state index contributed by atoms with van der Waals surface area (Å²) in [5.74, 6) is -0.473. The number of sulfonamides is 1. The van der Waals surface area contributed by atoms with Crippen molar-refractivity contribution in [2.45, 2.75) is 11.8 Å². The van der Waals surface area contributed by atoms with E-state index < -0.39 is 15.9 Å². The van der Waals surface area contributed by atoms with Gasteiger partial charge in [-0.2, -0.15) is 0 Å². The zero-order valence-corrected chi connectivity index (χ0v) is 21.3. The van der Waals surface area contributed by atoms with Crippen LogP contribution < -0.4 is 14.8 Å². The molecule has 0 aliphatic carbocycles. The van der Waals surface area contributed by atoms with E-state index in [2.05, 4.69) is 10.0 Å². The Morgan fingerprint density at radius 1 is 0.838 bits per heavy atom. The van der Waals surface area contributed by atoms with Crippen LogP contribution in [0.15, 0.2) is 102 Å². The van der Waals surface area contributed by atoms with Gasteiger partial charge in [-0.1, -0.05) is 60.1 Å². The molecule has 1 amide bonds. The van der Waals surface area contributed by atoms with Gasteiger partial charge in [0.05, 0.1) is 16.3 Å². The fraction of sp³-hybridized carbons (Fsp3) is 0.0714. The molecule has 9 heteroatoms. The largest absolute Gasteiger partial charge is 0.484 e. The van der Waals surface area contributed by atoms with E-state index in [1.165, 1.54) is 30.3 Å². The molecule has 0 saturated carbocycles. The minimum absolute atomic E-state index is 0.0535. The molecule has 0 radical (unpaired) electrons. The summed E-state index contributed by atoms with van der Waals surface area (Å²) in [6.07, 6.45) is 0. The number of anilines is 2. The lowest BCUT2D eigenvalue weighted by Gasteiger charge is -2.13. The quantitative estimate of drug-likeness (QED) is 0.268. The zero-order chi connectivity index (χ0) is 26.4. The minimum atomic E-state index is -3.79. The van der Waals surface area contributed by atoms with Crippen molar-refractivity contribution in [3.05, 3.63) is 119 Å². The number of hydrogen-bond donors (Lipinski definition) is 2. The summed E-state index contributed by atoms with van der Waals surface area (Å²) in [5, 5.41) is 3.04. The molecule has 7 nitrogen and oxygen atoms in total. The molecule has 37 heavy (non-hydrogen) atoms. The lowest BCUT2D eigenvalue weighted by molar-refractivity contribution is -0.118. The Kier molecular flexibility index (Phi) is 7.91. The number of benzene rings is 4. The van der Waals surface area contributed by atoms with E-state index in [1.807, 2.05) is 19.1 Å². The van der Waals surface area contributed by atoms with Crippen LogP contribution >= 0.6 is 11.6 Å². The highest BCUT2D eigenvalue weighted by Gasteiger charge is 2.17. The van der Waals surface area contributed by atoms with E-state index in [0.717, 1.165) is 5.56 Å². The minimum Gasteiger partial charge on any atom is -0.484 e. The summed E-state index contributed by atoms with van der Waals surface area (Å²) in [5.41, 5.74) is 2.31. The van der Waals surface area contributed by atoms with Crippen LogP contribution in [0.2, 0.25) is 5.02 Å². The molecule has 188 valence electrons. The zero-order valence-electron chi connectivity index (χ0n) is 19.8. The van der Waals surface area contributed by atoms with Crippen molar-refractivity contribution >= 4 is 44.7 Å². The highest BCUT2D eigenvalue weighted by molar-refractivity contribution is 7.92. The Morgan fingerprint density at radius 3 is 2.22 bits per heavy atom. The highest BCUT2D eigenvalue weighted by Crippen LogP contribution is 2.24. The maximum Gasteiger partial charge on any atom is 0.262 e. The van der Waals surface area contributed by atoms with Gasteiger partial charge in [0, 0.05) is 16.1 Å². The third-order valence-electron chi connectivity index (χ3n) is 5.43. The van der Waals surface area contributed by atoms with Crippen LogP contribution in [0.1, 0.15) is 21.5 Å². The van der Waals surface area contributed by atoms with Crippen LogP contribution in [0.5, 0.6) is 5.75 Å². The van der Waals surface area contributed by atoms with Crippen LogP contribution in [0, 0.1) is 6.92 Å². The lowest BCUT2D eigenvalue weighted by atomic mass is 10.0. The second-order valence-electron chi connectivity index (χ2n) is 8.11. The molecule has 0 spiro atoms. The Labute approximate surface area is 220 Å². The third-order valence-corrected chi connectivity index (χ3v) is 7.05. The molecule has 0 saturated heterocycles. The van der Waals surface area contributed by atoms with E-state index in [-0.39, 0.29) is 22.8 Å². The van der Waals surface area contributed by atoms with Crippen molar-refractivity contribution in [2.24, 2.45) is 0 Å². The number of hydrogen-bond acceptors (Lipinski definition) is 5. The van der Waals surface area contributed by atoms with Crippen molar-refractivity contribution in [3.63, 3.8) is 0 Å². The van der Waals surface area contributed by atoms with Gasteiger partial charge >= 0.3 is 0 Å². The van der Waals surface area contributed by atoms with Crippen molar-refractivity contribution in [1.82, 2.24) is 0 Å². The summed E-state index contributed by atoms with van der Waals surface area (Å²) in [4.78, 5) is 25.5. The average molecular weight is 535 g/mol. The summed E-state index contributed by atoms with van der Waals surface area (Å²) in [6, 6.07) is 26.1. The second kappa shape index (κ2) is 11.3. The lowest BCUT2D eigenvalue weighted by Crippen LogP contribution is -2.21. The standard InChI is InChI=1S/C28H23ClN2O5S/c1-19-7-5-6-10-25(19)31-37(34,35)23-14-12-22(13-15-23)36-18-27(32)30-26-16-11-21(29)17-24(26)28(33)20-8-3-2-4-9-20/h2-17,31H,18H2,1H3,(H,30,32). The molecule has 4 rings (SSSR count). The van der Waals surface area contributed by atoms with Gasteiger partial charge in [0.15, 0.2) is 12.4 Å². The molecular weight excluding hydrogens is 512 g/mol. The molecule has 0 aromatic heterocycles. The Balaban J connectivity index is 1.40. The fourth-order valence-corrected chi connectivity index (χ4v) is 4.80.